The quantitative estimate of drug-likeness (QED) is 0.601. The maximum atomic E-state index is 14.8. The van der Waals surface area contributed by atoms with Gasteiger partial charge < -0.3 is 20.1 Å². The number of aromatic nitrogens is 2. The summed E-state index contributed by atoms with van der Waals surface area (Å²) in [5.41, 5.74) is 2.68. The van der Waals surface area contributed by atoms with Gasteiger partial charge in [-0.3, -0.25) is 14.7 Å². The molecule has 5 rings (SSSR count). The van der Waals surface area contributed by atoms with Crippen molar-refractivity contribution >= 4 is 17.5 Å². The van der Waals surface area contributed by atoms with E-state index >= 15 is 0 Å². The van der Waals surface area contributed by atoms with Crippen LogP contribution < -0.4 is 19.9 Å². The van der Waals surface area contributed by atoms with Crippen molar-refractivity contribution in [1.82, 2.24) is 15.3 Å². The minimum Gasteiger partial charge on any atom is -0.496 e. The molecule has 34 heavy (non-hydrogen) atoms. The molecule has 0 spiro atoms. The summed E-state index contributed by atoms with van der Waals surface area (Å²) in [5, 5.41) is 13.1. The second-order valence-corrected chi connectivity index (χ2v) is 8.49. The summed E-state index contributed by atoms with van der Waals surface area (Å²) in [6.45, 7) is 4.33. The number of hydrogen-bond acceptors (Lipinski definition) is 7. The first-order chi connectivity index (χ1) is 16.5. The average Bonchev–Trinajstić information content (AvgIpc) is 3.20. The van der Waals surface area contributed by atoms with Gasteiger partial charge >= 0.3 is 0 Å². The van der Waals surface area contributed by atoms with E-state index in [1.54, 1.807) is 23.1 Å². The number of methoxy groups -OCH3 is 1. The van der Waals surface area contributed by atoms with E-state index in [2.05, 4.69) is 15.2 Å². The van der Waals surface area contributed by atoms with Gasteiger partial charge in [0.1, 0.15) is 23.2 Å². The van der Waals surface area contributed by atoms with Crippen LogP contribution in [0.5, 0.6) is 5.75 Å². The topological polar surface area (TPSA) is 90.8 Å². The third-order valence-electron chi connectivity index (χ3n) is 6.35. The van der Waals surface area contributed by atoms with Crippen LogP contribution in [0.2, 0.25) is 0 Å². The van der Waals surface area contributed by atoms with Gasteiger partial charge in [-0.15, -0.1) is 0 Å². The highest BCUT2D eigenvalue weighted by atomic mass is 19.1. The number of nitrogens with zero attached hydrogens (tertiary/aromatic N) is 4. The number of anilines is 2. The number of carbonyl (C=O) groups is 1. The first kappa shape index (κ1) is 22.2. The minimum absolute atomic E-state index is 0.00550. The van der Waals surface area contributed by atoms with Gasteiger partial charge in [-0.05, 0) is 42.8 Å². The summed E-state index contributed by atoms with van der Waals surface area (Å²) in [5.74, 6) is 0.913. The molecule has 9 heteroatoms. The lowest BCUT2D eigenvalue weighted by atomic mass is 10.0. The smallest absolute Gasteiger partial charge is 0.260 e. The molecule has 1 saturated heterocycles. The zero-order valence-corrected chi connectivity index (χ0v) is 19.1. The number of aliphatic hydroxyl groups is 1. The molecule has 4 heterocycles. The van der Waals surface area contributed by atoms with Crippen molar-refractivity contribution < 1.29 is 19.0 Å². The predicted molar refractivity (Wildman–Crippen MR) is 127 cm³/mol. The van der Waals surface area contributed by atoms with Crippen LogP contribution in [0, 0.1) is 12.7 Å². The molecule has 1 atom stereocenters. The van der Waals surface area contributed by atoms with Crippen molar-refractivity contribution in [1.29, 1.82) is 0 Å². The highest BCUT2D eigenvalue weighted by Gasteiger charge is 2.34. The molecule has 1 aromatic carbocycles. The Bertz CT molecular complexity index is 1250. The van der Waals surface area contributed by atoms with E-state index in [-0.39, 0.29) is 30.7 Å². The van der Waals surface area contributed by atoms with Crippen LogP contribution in [-0.2, 0) is 6.54 Å². The fraction of sp³-hybridized carbons (Fsp3) is 0.320. The first-order valence-corrected chi connectivity index (χ1v) is 11.2. The summed E-state index contributed by atoms with van der Waals surface area (Å²) in [7, 11) is 1.48. The van der Waals surface area contributed by atoms with Crippen LogP contribution in [0.15, 0.2) is 42.6 Å². The van der Waals surface area contributed by atoms with Gasteiger partial charge in [-0.25, -0.2) is 9.37 Å². The van der Waals surface area contributed by atoms with Crippen molar-refractivity contribution in [3.05, 3.63) is 65.1 Å². The van der Waals surface area contributed by atoms with Gasteiger partial charge in [0.05, 0.1) is 37.6 Å². The highest BCUT2D eigenvalue weighted by Crippen LogP contribution is 2.38. The molecule has 0 aliphatic carbocycles. The number of fused-ring (bicyclic) bond motifs is 1. The van der Waals surface area contributed by atoms with Crippen LogP contribution in [-0.4, -0.2) is 60.4 Å². The van der Waals surface area contributed by atoms with Crippen molar-refractivity contribution in [2.24, 2.45) is 0 Å². The van der Waals surface area contributed by atoms with Crippen LogP contribution in [0.3, 0.4) is 0 Å². The number of nitrogens with one attached hydrogen (secondary N) is 1. The lowest BCUT2D eigenvalue weighted by Crippen LogP contribution is -2.53. The van der Waals surface area contributed by atoms with Crippen molar-refractivity contribution in [3.63, 3.8) is 0 Å². The fourth-order valence-electron chi connectivity index (χ4n) is 4.67. The molecule has 176 valence electrons. The standard InChI is InChI=1S/C25H26FN5O3/c1-15-10-21(30-9-8-27-12-16(30)14-32)29-22(11-15)31-13-18-17(25(31)33)6-7-28-24(18)23-19(26)4-3-5-20(23)34-2/h3-7,10-11,16,27,32H,8-9,12-14H2,1-2H3. The summed E-state index contributed by atoms with van der Waals surface area (Å²) < 4.78 is 20.2. The number of aryl methyl sites for hydroxylation is 1. The monoisotopic (exact) mass is 463 g/mol. The molecule has 2 aliphatic rings. The molecule has 2 N–H and O–H groups in total. The Morgan fingerprint density at radius 3 is 2.88 bits per heavy atom. The minimum atomic E-state index is -0.462. The van der Waals surface area contributed by atoms with E-state index in [1.165, 1.54) is 19.4 Å². The Morgan fingerprint density at radius 2 is 2.09 bits per heavy atom. The zero-order chi connectivity index (χ0) is 23.8. The summed E-state index contributed by atoms with van der Waals surface area (Å²) in [6.07, 6.45) is 1.52. The Balaban J connectivity index is 1.55. The second-order valence-electron chi connectivity index (χ2n) is 8.49. The number of rotatable bonds is 5. The maximum absolute atomic E-state index is 14.8. The van der Waals surface area contributed by atoms with Crippen molar-refractivity contribution in [2.45, 2.75) is 19.5 Å². The van der Waals surface area contributed by atoms with Gasteiger partial charge in [-0.1, -0.05) is 6.07 Å². The molecule has 8 nitrogen and oxygen atoms in total. The van der Waals surface area contributed by atoms with Crippen LogP contribution in [0.4, 0.5) is 16.0 Å². The number of piperazine rings is 1. The molecule has 0 radical (unpaired) electrons. The SMILES string of the molecule is COc1cccc(F)c1-c1nccc2c1CN(c1cc(C)cc(N3CCNCC3CO)n1)C2=O. The lowest BCUT2D eigenvalue weighted by molar-refractivity contribution is 0.0996. The van der Waals surface area contributed by atoms with Gasteiger partial charge in [0.2, 0.25) is 0 Å². The van der Waals surface area contributed by atoms with Gasteiger partial charge in [-0.2, -0.15) is 0 Å². The molecule has 1 fully saturated rings. The van der Waals surface area contributed by atoms with Gasteiger partial charge in [0, 0.05) is 37.0 Å². The molecule has 0 saturated carbocycles. The predicted octanol–water partition coefficient (Wildman–Crippen LogP) is 2.53. The molecular formula is C25H26FN5O3. The number of hydrogen-bond donors (Lipinski definition) is 2. The number of ether oxygens (including phenoxy) is 1. The first-order valence-electron chi connectivity index (χ1n) is 11.2. The molecule has 2 aliphatic heterocycles. The van der Waals surface area contributed by atoms with Gasteiger partial charge in [0.25, 0.3) is 5.91 Å². The average molecular weight is 464 g/mol. The number of benzene rings is 1. The second kappa shape index (κ2) is 9.00. The number of amides is 1. The Kier molecular flexibility index (Phi) is 5.89. The van der Waals surface area contributed by atoms with E-state index in [0.29, 0.717) is 47.3 Å². The normalized spacial score (nSPS) is 17.8. The number of aliphatic hydroxyl groups excluding tert-OH is 1. The van der Waals surface area contributed by atoms with Crippen LogP contribution in [0.25, 0.3) is 11.3 Å². The van der Waals surface area contributed by atoms with Crippen molar-refractivity contribution in [2.75, 3.05) is 43.2 Å². The lowest BCUT2D eigenvalue weighted by Gasteiger charge is -2.36. The molecule has 1 unspecified atom stereocenters. The Hall–Kier alpha value is -3.56. The van der Waals surface area contributed by atoms with Crippen LogP contribution >= 0.6 is 0 Å². The van der Waals surface area contributed by atoms with E-state index in [1.807, 2.05) is 19.1 Å². The van der Waals surface area contributed by atoms with E-state index in [0.717, 1.165) is 12.1 Å². The molecular weight excluding hydrogens is 437 g/mol. The Morgan fingerprint density at radius 1 is 1.26 bits per heavy atom. The third kappa shape index (κ3) is 3.76. The molecule has 1 amide bonds. The molecule has 2 aromatic heterocycles. The zero-order valence-electron chi connectivity index (χ0n) is 19.1. The largest absolute Gasteiger partial charge is 0.496 e. The Labute approximate surface area is 197 Å². The third-order valence-corrected chi connectivity index (χ3v) is 6.35. The molecule has 0 bridgehead atoms. The fourth-order valence-corrected chi connectivity index (χ4v) is 4.67. The highest BCUT2D eigenvalue weighted by molar-refractivity contribution is 6.10. The van der Waals surface area contributed by atoms with E-state index in [9.17, 15) is 14.3 Å². The number of carbonyl (C=O) groups excluding carboxylic acids is 1. The van der Waals surface area contributed by atoms with Gasteiger partial charge in [0.15, 0.2) is 0 Å². The van der Waals surface area contributed by atoms with E-state index in [4.69, 9.17) is 9.72 Å². The summed E-state index contributed by atoms with van der Waals surface area (Å²) >= 11 is 0. The van der Waals surface area contributed by atoms with Crippen molar-refractivity contribution in [3.8, 4) is 17.0 Å². The van der Waals surface area contributed by atoms with Crippen LogP contribution in [0.1, 0.15) is 21.5 Å². The molecule has 3 aromatic rings. The summed E-state index contributed by atoms with van der Waals surface area (Å²) in [6, 6.07) is 9.99. The number of pyridine rings is 2. The maximum Gasteiger partial charge on any atom is 0.260 e. The van der Waals surface area contributed by atoms with E-state index < -0.39 is 5.82 Å². The summed E-state index contributed by atoms with van der Waals surface area (Å²) in [4.78, 5) is 26.3. The number of halogens is 1.